The van der Waals surface area contributed by atoms with Crippen molar-refractivity contribution in [2.75, 3.05) is 32.7 Å². The van der Waals surface area contributed by atoms with Crippen molar-refractivity contribution >= 4 is 0 Å². The number of nitrogens with one attached hydrogen (secondary N) is 1. The van der Waals surface area contributed by atoms with Crippen molar-refractivity contribution in [1.29, 1.82) is 0 Å². The van der Waals surface area contributed by atoms with Crippen LogP contribution in [0.5, 0.6) is 0 Å². The summed E-state index contributed by atoms with van der Waals surface area (Å²) in [6.07, 6.45) is 9.84. The van der Waals surface area contributed by atoms with Gasteiger partial charge in [0.05, 0.1) is 0 Å². The zero-order chi connectivity index (χ0) is 10.8. The van der Waals surface area contributed by atoms with E-state index < -0.39 is 0 Å². The summed E-state index contributed by atoms with van der Waals surface area (Å²) in [5, 5.41) is 3.45. The van der Waals surface area contributed by atoms with Crippen LogP contribution in [0, 0.1) is 0 Å². The Balaban J connectivity index is 1.89. The van der Waals surface area contributed by atoms with Gasteiger partial charge in [-0.05, 0) is 32.5 Å². The average molecular weight is 212 g/mol. The van der Waals surface area contributed by atoms with Crippen LogP contribution in [0.2, 0.25) is 0 Å². The summed E-state index contributed by atoms with van der Waals surface area (Å²) in [6, 6.07) is 0. The number of rotatable bonds is 7. The molecule has 2 nitrogen and oxygen atoms in total. The molecule has 0 bridgehead atoms. The first-order chi connectivity index (χ1) is 7.43. The molecule has 0 aromatic carbocycles. The number of hydrogen-bond acceptors (Lipinski definition) is 2. The lowest BCUT2D eigenvalue weighted by Gasteiger charge is -2.18. The molecule has 15 heavy (non-hydrogen) atoms. The van der Waals surface area contributed by atoms with Gasteiger partial charge >= 0.3 is 0 Å². The lowest BCUT2D eigenvalue weighted by molar-refractivity contribution is 0.284. The first-order valence-corrected chi connectivity index (χ1v) is 6.86. The van der Waals surface area contributed by atoms with Crippen LogP contribution < -0.4 is 5.32 Å². The van der Waals surface area contributed by atoms with E-state index in [4.69, 9.17) is 0 Å². The monoisotopic (exact) mass is 212 g/mol. The van der Waals surface area contributed by atoms with Crippen molar-refractivity contribution < 1.29 is 0 Å². The largest absolute Gasteiger partial charge is 0.315 e. The Kier molecular flexibility index (Phi) is 7.94. The normalized spacial score (nSPS) is 19.0. The molecule has 0 aromatic heterocycles. The second kappa shape index (κ2) is 9.17. The maximum Gasteiger partial charge on any atom is 0.0107 e. The van der Waals surface area contributed by atoms with E-state index in [2.05, 4.69) is 17.1 Å². The Morgan fingerprint density at radius 1 is 0.933 bits per heavy atom. The van der Waals surface area contributed by atoms with Crippen molar-refractivity contribution in [2.45, 2.75) is 51.9 Å². The Morgan fingerprint density at radius 2 is 1.73 bits per heavy atom. The van der Waals surface area contributed by atoms with Gasteiger partial charge in [-0.2, -0.15) is 0 Å². The van der Waals surface area contributed by atoms with E-state index >= 15 is 0 Å². The van der Waals surface area contributed by atoms with Crippen LogP contribution >= 0.6 is 0 Å². The highest BCUT2D eigenvalue weighted by molar-refractivity contribution is 4.65. The molecular weight excluding hydrogens is 184 g/mol. The number of hydrogen-bond donors (Lipinski definition) is 1. The van der Waals surface area contributed by atoms with Gasteiger partial charge in [0.2, 0.25) is 0 Å². The van der Waals surface area contributed by atoms with Gasteiger partial charge in [-0.3, -0.25) is 0 Å². The molecule has 0 unspecified atom stereocenters. The Morgan fingerprint density at radius 3 is 2.60 bits per heavy atom. The van der Waals surface area contributed by atoms with Crippen LogP contribution in [0.4, 0.5) is 0 Å². The van der Waals surface area contributed by atoms with Crippen molar-refractivity contribution in [1.82, 2.24) is 10.2 Å². The van der Waals surface area contributed by atoms with E-state index in [9.17, 15) is 0 Å². The Hall–Kier alpha value is -0.0800. The summed E-state index contributed by atoms with van der Waals surface area (Å²) < 4.78 is 0. The highest BCUT2D eigenvalue weighted by Crippen LogP contribution is 2.06. The minimum absolute atomic E-state index is 1.19. The van der Waals surface area contributed by atoms with Crippen molar-refractivity contribution in [3.8, 4) is 0 Å². The van der Waals surface area contributed by atoms with Crippen LogP contribution in [0.25, 0.3) is 0 Å². The molecule has 1 saturated heterocycles. The van der Waals surface area contributed by atoms with E-state index in [0.717, 1.165) is 0 Å². The maximum absolute atomic E-state index is 3.45. The van der Waals surface area contributed by atoms with Gasteiger partial charge in [-0.25, -0.2) is 0 Å². The van der Waals surface area contributed by atoms with Gasteiger partial charge in [0.1, 0.15) is 0 Å². The lowest BCUT2D eigenvalue weighted by Crippen LogP contribution is -2.29. The lowest BCUT2D eigenvalue weighted by atomic mass is 10.1. The molecule has 1 heterocycles. The predicted molar refractivity (Wildman–Crippen MR) is 67.3 cm³/mol. The van der Waals surface area contributed by atoms with Gasteiger partial charge in [0.15, 0.2) is 0 Å². The van der Waals surface area contributed by atoms with Crippen molar-refractivity contribution in [2.24, 2.45) is 0 Å². The molecule has 1 aliphatic heterocycles. The zero-order valence-corrected chi connectivity index (χ0v) is 10.4. The molecule has 1 aliphatic rings. The fourth-order valence-corrected chi connectivity index (χ4v) is 2.24. The molecule has 1 N–H and O–H groups in total. The van der Waals surface area contributed by atoms with E-state index in [-0.39, 0.29) is 0 Å². The molecule has 1 fully saturated rings. The van der Waals surface area contributed by atoms with Crippen LogP contribution in [-0.4, -0.2) is 37.6 Å². The predicted octanol–water partition coefficient (Wildman–Crippen LogP) is 2.64. The fourth-order valence-electron chi connectivity index (χ4n) is 2.24. The molecule has 0 aromatic rings. The minimum atomic E-state index is 1.19. The molecule has 1 rings (SSSR count). The zero-order valence-electron chi connectivity index (χ0n) is 10.4. The van der Waals surface area contributed by atoms with E-state index in [1.807, 2.05) is 0 Å². The maximum atomic E-state index is 3.45. The summed E-state index contributed by atoms with van der Waals surface area (Å²) in [4.78, 5) is 2.62. The third-order valence-corrected chi connectivity index (χ3v) is 3.26. The fraction of sp³-hybridized carbons (Fsp3) is 1.00. The smallest absolute Gasteiger partial charge is 0.0107 e. The van der Waals surface area contributed by atoms with Gasteiger partial charge in [0.25, 0.3) is 0 Å². The molecule has 2 heteroatoms. The third-order valence-electron chi connectivity index (χ3n) is 3.26. The van der Waals surface area contributed by atoms with Crippen LogP contribution in [-0.2, 0) is 0 Å². The second-order valence-corrected chi connectivity index (χ2v) is 4.71. The van der Waals surface area contributed by atoms with Gasteiger partial charge in [-0.15, -0.1) is 0 Å². The summed E-state index contributed by atoms with van der Waals surface area (Å²) in [6.45, 7) is 8.58. The molecule has 90 valence electrons. The Bertz CT molecular complexity index is 128. The van der Waals surface area contributed by atoms with E-state index in [0.29, 0.717) is 0 Å². The van der Waals surface area contributed by atoms with Gasteiger partial charge < -0.3 is 10.2 Å². The topological polar surface area (TPSA) is 15.3 Å². The van der Waals surface area contributed by atoms with Crippen LogP contribution in [0.1, 0.15) is 51.9 Å². The van der Waals surface area contributed by atoms with Crippen LogP contribution in [0.15, 0.2) is 0 Å². The SMILES string of the molecule is CCCCCCCCN1CCCNCC1. The third kappa shape index (κ3) is 6.91. The number of unbranched alkanes of at least 4 members (excludes halogenated alkanes) is 5. The summed E-state index contributed by atoms with van der Waals surface area (Å²) in [7, 11) is 0. The van der Waals surface area contributed by atoms with Gasteiger partial charge in [-0.1, -0.05) is 39.0 Å². The standard InChI is InChI=1S/C13H28N2/c1-2-3-4-5-6-7-11-15-12-8-9-14-10-13-15/h14H,2-13H2,1H3. The molecule has 0 spiro atoms. The molecule has 0 atom stereocenters. The Labute approximate surface area is 95.4 Å². The molecule has 0 saturated carbocycles. The van der Waals surface area contributed by atoms with E-state index in [1.165, 1.54) is 77.7 Å². The molecule has 0 aliphatic carbocycles. The summed E-state index contributed by atoms with van der Waals surface area (Å²) in [5.41, 5.74) is 0. The summed E-state index contributed by atoms with van der Waals surface area (Å²) >= 11 is 0. The minimum Gasteiger partial charge on any atom is -0.315 e. The van der Waals surface area contributed by atoms with Gasteiger partial charge in [0, 0.05) is 13.1 Å². The number of nitrogens with zero attached hydrogens (tertiary/aromatic N) is 1. The highest BCUT2D eigenvalue weighted by atomic mass is 15.1. The van der Waals surface area contributed by atoms with Crippen LogP contribution in [0.3, 0.4) is 0 Å². The van der Waals surface area contributed by atoms with Crippen molar-refractivity contribution in [3.05, 3.63) is 0 Å². The molecular formula is C13H28N2. The summed E-state index contributed by atoms with van der Waals surface area (Å²) in [5.74, 6) is 0. The highest BCUT2D eigenvalue weighted by Gasteiger charge is 2.06. The molecule has 0 amide bonds. The van der Waals surface area contributed by atoms with E-state index in [1.54, 1.807) is 0 Å². The second-order valence-electron chi connectivity index (χ2n) is 4.71. The average Bonchev–Trinajstić information content (AvgIpc) is 2.52. The molecule has 0 radical (unpaired) electrons. The van der Waals surface area contributed by atoms with Crippen molar-refractivity contribution in [3.63, 3.8) is 0 Å². The first kappa shape index (κ1) is 13.0. The quantitative estimate of drug-likeness (QED) is 0.653. The first-order valence-electron chi connectivity index (χ1n) is 6.86.